The zero-order chi connectivity index (χ0) is 14.6. The zero-order valence-corrected chi connectivity index (χ0v) is 11.8. The van der Waals surface area contributed by atoms with E-state index in [1.54, 1.807) is 0 Å². The maximum atomic E-state index is 8.12. The normalized spacial score (nSPS) is 10.8. The predicted octanol–water partition coefficient (Wildman–Crippen LogP) is 3.91. The monoisotopic (exact) mass is 268 g/mol. The van der Waals surface area contributed by atoms with Gasteiger partial charge in [0.15, 0.2) is 0 Å². The van der Waals surface area contributed by atoms with Gasteiger partial charge in [-0.3, -0.25) is 0 Å². The van der Waals surface area contributed by atoms with Gasteiger partial charge in [-0.05, 0) is 36.3 Å². The molecule has 104 valence electrons. The minimum atomic E-state index is 0.250. The van der Waals surface area contributed by atoms with Gasteiger partial charge in [-0.25, -0.2) is 0 Å². The van der Waals surface area contributed by atoms with Crippen LogP contribution >= 0.6 is 0 Å². The first-order valence-corrected chi connectivity index (χ1v) is 6.83. The molecule has 0 bridgehead atoms. The Morgan fingerprint density at radius 2 is 1.30 bits per heavy atom. The first-order valence-electron chi connectivity index (χ1n) is 6.83. The van der Waals surface area contributed by atoms with Crippen LogP contribution in [-0.2, 0) is 22.4 Å². The minimum Gasteiger partial charge on any atom is -0.186 e. The summed E-state index contributed by atoms with van der Waals surface area (Å²) in [5, 5.41) is 0. The van der Waals surface area contributed by atoms with E-state index in [1.807, 2.05) is 0 Å². The lowest BCUT2D eigenvalue weighted by Gasteiger charge is -2.11. The van der Waals surface area contributed by atoms with Crippen LogP contribution in [0.15, 0.2) is 60.7 Å². The highest BCUT2D eigenvalue weighted by Crippen LogP contribution is 2.14. The van der Waals surface area contributed by atoms with Crippen LogP contribution in [0, 0.1) is 5.92 Å². The van der Waals surface area contributed by atoms with Crippen molar-refractivity contribution in [2.75, 3.05) is 0 Å². The van der Waals surface area contributed by atoms with E-state index in [0.717, 1.165) is 5.92 Å². The van der Waals surface area contributed by atoms with Gasteiger partial charge in [0, 0.05) is 0 Å². The van der Waals surface area contributed by atoms with Crippen molar-refractivity contribution >= 4 is 6.15 Å². The summed E-state index contributed by atoms with van der Waals surface area (Å²) in [4.78, 5) is 16.2. The smallest absolute Gasteiger partial charge is 0.186 e. The molecule has 2 nitrogen and oxygen atoms in total. The van der Waals surface area contributed by atoms with Crippen LogP contribution in [0.1, 0.15) is 24.5 Å². The number of hydrogen-bond acceptors (Lipinski definition) is 2. The molecule has 1 atom stereocenters. The standard InChI is InChI=1S/C17H20.CO2/c1-15(14-17-10-6-3-7-11-17)12-13-16-8-4-2-5-9-16;2-1-3/h2-11,15H,12-14H2,1H3;. The molecule has 0 fully saturated rings. The van der Waals surface area contributed by atoms with Crippen molar-refractivity contribution in [2.45, 2.75) is 26.2 Å². The molecule has 0 aromatic heterocycles. The van der Waals surface area contributed by atoms with Crippen LogP contribution < -0.4 is 0 Å². The van der Waals surface area contributed by atoms with Crippen LogP contribution in [-0.4, -0.2) is 6.15 Å². The number of rotatable bonds is 5. The Hall–Kier alpha value is -2.18. The number of carbonyl (C=O) groups excluding carboxylic acids is 2. The Labute approximate surface area is 120 Å². The van der Waals surface area contributed by atoms with E-state index in [0.29, 0.717) is 0 Å². The third kappa shape index (κ3) is 6.67. The third-order valence-corrected chi connectivity index (χ3v) is 3.20. The van der Waals surface area contributed by atoms with E-state index in [-0.39, 0.29) is 6.15 Å². The highest BCUT2D eigenvalue weighted by atomic mass is 16.2. The molecular weight excluding hydrogens is 248 g/mol. The quantitative estimate of drug-likeness (QED) is 0.823. The van der Waals surface area contributed by atoms with E-state index in [4.69, 9.17) is 9.59 Å². The van der Waals surface area contributed by atoms with Gasteiger partial charge < -0.3 is 0 Å². The maximum absolute atomic E-state index is 8.12. The summed E-state index contributed by atoms with van der Waals surface area (Å²) < 4.78 is 0. The molecule has 2 heteroatoms. The molecule has 0 spiro atoms. The van der Waals surface area contributed by atoms with Crippen LogP contribution in [0.4, 0.5) is 0 Å². The Balaban J connectivity index is 0.000000612. The lowest BCUT2D eigenvalue weighted by molar-refractivity contribution is -0.191. The summed E-state index contributed by atoms with van der Waals surface area (Å²) in [5.41, 5.74) is 2.90. The van der Waals surface area contributed by atoms with Gasteiger partial charge in [-0.15, -0.1) is 0 Å². The van der Waals surface area contributed by atoms with Crippen molar-refractivity contribution in [3.05, 3.63) is 71.8 Å². The summed E-state index contributed by atoms with van der Waals surface area (Å²) in [6.07, 6.45) is 3.89. The Kier molecular flexibility index (Phi) is 7.71. The van der Waals surface area contributed by atoms with Gasteiger partial charge in [0.05, 0.1) is 0 Å². The fourth-order valence-corrected chi connectivity index (χ4v) is 2.18. The van der Waals surface area contributed by atoms with Crippen LogP contribution in [0.2, 0.25) is 0 Å². The fraction of sp³-hybridized carbons (Fsp3) is 0.278. The van der Waals surface area contributed by atoms with Crippen molar-refractivity contribution < 1.29 is 9.59 Å². The van der Waals surface area contributed by atoms with Crippen molar-refractivity contribution in [2.24, 2.45) is 5.92 Å². The van der Waals surface area contributed by atoms with E-state index in [1.165, 1.54) is 30.4 Å². The molecule has 0 aliphatic carbocycles. The lowest BCUT2D eigenvalue weighted by Crippen LogP contribution is -2.01. The summed E-state index contributed by atoms with van der Waals surface area (Å²) in [6, 6.07) is 21.5. The SMILES string of the molecule is CC(CCc1ccccc1)Cc1ccccc1.O=C=O. The van der Waals surface area contributed by atoms with Gasteiger partial charge in [-0.2, -0.15) is 9.59 Å². The summed E-state index contributed by atoms with van der Waals surface area (Å²) in [6.45, 7) is 2.34. The number of benzene rings is 2. The molecule has 20 heavy (non-hydrogen) atoms. The minimum absolute atomic E-state index is 0.250. The summed E-state index contributed by atoms with van der Waals surface area (Å²) in [5.74, 6) is 0.748. The first kappa shape index (κ1) is 15.9. The second-order valence-electron chi connectivity index (χ2n) is 4.90. The van der Waals surface area contributed by atoms with Gasteiger partial charge in [0.25, 0.3) is 0 Å². The maximum Gasteiger partial charge on any atom is 0.373 e. The molecule has 0 saturated carbocycles. The van der Waals surface area contributed by atoms with Gasteiger partial charge in [-0.1, -0.05) is 67.6 Å². The predicted molar refractivity (Wildman–Crippen MR) is 79.1 cm³/mol. The molecule has 0 aliphatic heterocycles. The molecule has 0 saturated heterocycles. The molecule has 1 unspecified atom stereocenters. The largest absolute Gasteiger partial charge is 0.373 e. The fourth-order valence-electron chi connectivity index (χ4n) is 2.18. The lowest BCUT2D eigenvalue weighted by atomic mass is 9.95. The van der Waals surface area contributed by atoms with E-state index in [2.05, 4.69) is 67.6 Å². The van der Waals surface area contributed by atoms with Crippen LogP contribution in [0.5, 0.6) is 0 Å². The highest BCUT2D eigenvalue weighted by Gasteiger charge is 2.03. The van der Waals surface area contributed by atoms with E-state index < -0.39 is 0 Å². The zero-order valence-electron chi connectivity index (χ0n) is 11.8. The average Bonchev–Trinajstić information content (AvgIpc) is 2.48. The molecule has 0 heterocycles. The van der Waals surface area contributed by atoms with Gasteiger partial charge >= 0.3 is 6.15 Å². The molecule has 0 amide bonds. The van der Waals surface area contributed by atoms with E-state index in [9.17, 15) is 0 Å². The molecule has 0 aliphatic rings. The molecule has 2 rings (SSSR count). The van der Waals surface area contributed by atoms with Crippen molar-refractivity contribution in [1.82, 2.24) is 0 Å². The Morgan fingerprint density at radius 3 is 1.80 bits per heavy atom. The third-order valence-electron chi connectivity index (χ3n) is 3.20. The second-order valence-corrected chi connectivity index (χ2v) is 4.90. The molecule has 2 aromatic rings. The van der Waals surface area contributed by atoms with Crippen molar-refractivity contribution in [3.8, 4) is 0 Å². The molecule has 2 aromatic carbocycles. The van der Waals surface area contributed by atoms with Crippen molar-refractivity contribution in [3.63, 3.8) is 0 Å². The summed E-state index contributed by atoms with van der Waals surface area (Å²) in [7, 11) is 0. The van der Waals surface area contributed by atoms with Crippen molar-refractivity contribution in [1.29, 1.82) is 0 Å². The topological polar surface area (TPSA) is 34.1 Å². The summed E-state index contributed by atoms with van der Waals surface area (Å²) >= 11 is 0. The van der Waals surface area contributed by atoms with E-state index >= 15 is 0 Å². The van der Waals surface area contributed by atoms with Crippen LogP contribution in [0.3, 0.4) is 0 Å². The van der Waals surface area contributed by atoms with Crippen LogP contribution in [0.25, 0.3) is 0 Å². The molecule has 0 radical (unpaired) electrons. The Bertz CT molecular complexity index is 499. The second kappa shape index (κ2) is 9.71. The Morgan fingerprint density at radius 1 is 0.850 bits per heavy atom. The van der Waals surface area contributed by atoms with Gasteiger partial charge in [0.1, 0.15) is 0 Å². The van der Waals surface area contributed by atoms with Gasteiger partial charge in [0.2, 0.25) is 0 Å². The molecular formula is C18H20O2. The first-order chi connectivity index (χ1) is 9.76. The molecule has 0 N–H and O–H groups in total. The average molecular weight is 268 g/mol. The number of hydrogen-bond donors (Lipinski definition) is 0. The number of aryl methyl sites for hydroxylation is 1. The highest BCUT2D eigenvalue weighted by molar-refractivity contribution is 5.20.